The van der Waals surface area contributed by atoms with E-state index >= 15 is 0 Å². The van der Waals surface area contributed by atoms with Gasteiger partial charge in [-0.3, -0.25) is 0 Å². The van der Waals surface area contributed by atoms with Gasteiger partial charge < -0.3 is 9.97 Å². The Hall–Kier alpha value is -6.01. The molecule has 7 aromatic rings. The van der Waals surface area contributed by atoms with Gasteiger partial charge in [0.1, 0.15) is 0 Å². The van der Waals surface area contributed by atoms with Gasteiger partial charge in [-0.15, -0.1) is 0 Å². The molecule has 0 fully saturated rings. The van der Waals surface area contributed by atoms with Crippen molar-refractivity contribution in [1.82, 2.24) is 19.9 Å². The molecule has 4 aromatic carbocycles. The quantitative estimate of drug-likeness (QED) is 0.187. The fraction of sp³-hybridized carbons (Fsp3) is 0.154. The third kappa shape index (κ3) is 6.41. The first-order chi connectivity index (χ1) is 27.1. The average molecular weight is 786 g/mol. The molecule has 5 heterocycles. The Morgan fingerprint density at radius 3 is 0.772 bits per heavy atom. The molecule has 2 N–H and O–H groups in total. The molecular formula is C52H46CoN4. The normalized spacial score (nSPS) is 11.9. The third-order valence-corrected chi connectivity index (χ3v) is 12.2. The number of nitrogens with zero attached hydrogens (tertiary/aromatic N) is 2. The van der Waals surface area contributed by atoms with Gasteiger partial charge in [0, 0.05) is 61.1 Å². The number of fused-ring (bicyclic) bond motifs is 8. The number of aryl methyl sites for hydroxylation is 4. The Morgan fingerprint density at radius 1 is 0.316 bits per heavy atom. The van der Waals surface area contributed by atoms with Crippen LogP contribution in [0.5, 0.6) is 0 Å². The molecule has 5 heteroatoms. The summed E-state index contributed by atoms with van der Waals surface area (Å²) in [4.78, 5) is 18.9. The SMILES string of the molecule is Cc1cccc(-c2c3nc(c(-c4cccc(C)c4C)c4ccc([nH]4)c(-c4cccc(C)c4C)c4nc(c(-c5cccc(C)c5C)c5ccc2[nH]5)C=C4)C=C3)c1C.[Co]. The third-order valence-electron chi connectivity index (χ3n) is 12.2. The van der Waals surface area contributed by atoms with E-state index in [-0.39, 0.29) is 16.8 Å². The number of nitrogens with one attached hydrogen (secondary N) is 2. The van der Waals surface area contributed by atoms with E-state index in [1.807, 2.05) is 0 Å². The second-order valence-corrected chi connectivity index (χ2v) is 15.5. The first-order valence-electron chi connectivity index (χ1n) is 19.5. The summed E-state index contributed by atoms with van der Waals surface area (Å²) in [5.74, 6) is 0. The monoisotopic (exact) mass is 785 g/mol. The maximum Gasteiger partial charge on any atom is 0.0737 e. The van der Waals surface area contributed by atoms with Crippen molar-refractivity contribution in [3.8, 4) is 44.5 Å². The van der Waals surface area contributed by atoms with Crippen LogP contribution in [0.2, 0.25) is 0 Å². The van der Waals surface area contributed by atoms with Crippen LogP contribution in [0.15, 0.2) is 97.1 Å². The predicted molar refractivity (Wildman–Crippen MR) is 238 cm³/mol. The van der Waals surface area contributed by atoms with Crippen LogP contribution in [0.3, 0.4) is 0 Å². The summed E-state index contributed by atoms with van der Waals surface area (Å²) >= 11 is 0. The van der Waals surface area contributed by atoms with E-state index in [9.17, 15) is 0 Å². The van der Waals surface area contributed by atoms with E-state index in [4.69, 9.17) is 9.97 Å². The minimum Gasteiger partial charge on any atom is -0.354 e. The van der Waals surface area contributed by atoms with Crippen molar-refractivity contribution in [3.05, 3.63) is 164 Å². The van der Waals surface area contributed by atoms with E-state index in [0.29, 0.717) is 0 Å². The molecule has 0 saturated heterocycles. The first kappa shape index (κ1) is 37.9. The number of hydrogen-bond acceptors (Lipinski definition) is 2. The number of H-pyrrole nitrogens is 2. The molecule has 0 saturated carbocycles. The molecule has 9 rings (SSSR count). The van der Waals surface area contributed by atoms with Crippen molar-refractivity contribution in [3.63, 3.8) is 0 Å². The number of benzene rings is 4. The minimum atomic E-state index is 0. The van der Waals surface area contributed by atoms with E-state index < -0.39 is 0 Å². The molecule has 0 unspecified atom stereocenters. The average Bonchev–Trinajstić information content (AvgIpc) is 4.03. The molecule has 4 nitrogen and oxygen atoms in total. The van der Waals surface area contributed by atoms with Crippen LogP contribution in [0, 0.1) is 55.4 Å². The van der Waals surface area contributed by atoms with Crippen LogP contribution in [0.4, 0.5) is 0 Å². The molecule has 3 aromatic heterocycles. The summed E-state index contributed by atoms with van der Waals surface area (Å²) in [6.07, 6.45) is 8.75. The van der Waals surface area contributed by atoms with E-state index in [2.05, 4.69) is 187 Å². The van der Waals surface area contributed by atoms with Crippen molar-refractivity contribution in [2.75, 3.05) is 0 Å². The zero-order valence-electron chi connectivity index (χ0n) is 33.8. The van der Waals surface area contributed by atoms with Crippen LogP contribution >= 0.6 is 0 Å². The maximum atomic E-state index is 5.54. The molecule has 0 spiro atoms. The first-order valence-corrected chi connectivity index (χ1v) is 19.5. The minimum absolute atomic E-state index is 0. The molecule has 0 amide bonds. The topological polar surface area (TPSA) is 57.4 Å². The van der Waals surface area contributed by atoms with Gasteiger partial charge in [0.2, 0.25) is 0 Å². The molecule has 0 atom stereocenters. The van der Waals surface area contributed by atoms with E-state index in [1.54, 1.807) is 0 Å². The summed E-state index contributed by atoms with van der Waals surface area (Å²) in [6, 6.07) is 35.1. The van der Waals surface area contributed by atoms with E-state index in [1.165, 1.54) is 44.5 Å². The Morgan fingerprint density at radius 2 is 0.544 bits per heavy atom. The summed E-state index contributed by atoms with van der Waals surface area (Å²) < 4.78 is 0. The largest absolute Gasteiger partial charge is 0.354 e. The molecule has 2 aliphatic rings. The van der Waals surface area contributed by atoms with Crippen molar-refractivity contribution in [2.24, 2.45) is 0 Å². The summed E-state index contributed by atoms with van der Waals surface area (Å²) in [6.45, 7) is 17.6. The van der Waals surface area contributed by atoms with Crippen molar-refractivity contribution >= 4 is 46.4 Å². The zero-order valence-corrected chi connectivity index (χ0v) is 34.8. The molecular weight excluding hydrogens is 740 g/mol. The molecule has 2 aliphatic heterocycles. The standard InChI is InChI=1S/C52H46N4.Co/c1-29-13-9-17-37(33(29)5)49-41-21-23-43(53-41)50(38-18-10-14-30(2)34(38)6)45-25-27-47(55-45)52(40-20-12-16-32(4)36(40)8)48-28-26-46(56-48)51(44-24-22-42(49)54-44)39-19-11-15-31(3)35(39)7;/h9-28,53,56H,1-8H3;. The van der Waals surface area contributed by atoms with Crippen molar-refractivity contribution < 1.29 is 16.8 Å². The van der Waals surface area contributed by atoms with Gasteiger partial charge >= 0.3 is 0 Å². The second kappa shape index (κ2) is 14.8. The fourth-order valence-electron chi connectivity index (χ4n) is 8.43. The van der Waals surface area contributed by atoms with Gasteiger partial charge in [-0.25, -0.2) is 9.97 Å². The Kier molecular flexibility index (Phi) is 9.85. The van der Waals surface area contributed by atoms with Crippen LogP contribution in [-0.4, -0.2) is 19.9 Å². The van der Waals surface area contributed by atoms with Crippen LogP contribution in [-0.2, 0) is 16.8 Å². The Balaban J connectivity index is 0.00000455. The molecule has 283 valence electrons. The number of hydrogen-bond donors (Lipinski definition) is 2. The van der Waals surface area contributed by atoms with Gasteiger partial charge in [-0.05, 0) is 171 Å². The number of aromatic nitrogens is 4. The maximum absolute atomic E-state index is 5.54. The second-order valence-electron chi connectivity index (χ2n) is 15.5. The summed E-state index contributed by atoms with van der Waals surface area (Å²) in [5.41, 5.74) is 26.6. The fourth-order valence-corrected chi connectivity index (χ4v) is 8.43. The number of rotatable bonds is 4. The van der Waals surface area contributed by atoms with E-state index in [0.717, 1.165) is 89.4 Å². The van der Waals surface area contributed by atoms with Crippen LogP contribution in [0.25, 0.3) is 90.9 Å². The van der Waals surface area contributed by atoms with Crippen LogP contribution in [0.1, 0.15) is 67.3 Å². The molecule has 8 bridgehead atoms. The van der Waals surface area contributed by atoms with Gasteiger partial charge in [-0.1, -0.05) is 72.8 Å². The molecule has 57 heavy (non-hydrogen) atoms. The predicted octanol–water partition coefficient (Wildman–Crippen LogP) is 13.8. The van der Waals surface area contributed by atoms with Crippen molar-refractivity contribution in [1.29, 1.82) is 0 Å². The van der Waals surface area contributed by atoms with Gasteiger partial charge in [-0.2, -0.15) is 0 Å². The smallest absolute Gasteiger partial charge is 0.0737 e. The Labute approximate surface area is 345 Å². The van der Waals surface area contributed by atoms with Gasteiger partial charge in [0.05, 0.1) is 22.8 Å². The zero-order chi connectivity index (χ0) is 38.8. The summed E-state index contributed by atoms with van der Waals surface area (Å²) in [5, 5.41) is 0. The number of aromatic amines is 2. The van der Waals surface area contributed by atoms with Crippen LogP contribution < -0.4 is 0 Å². The Bertz CT molecular complexity index is 2610. The van der Waals surface area contributed by atoms with Crippen molar-refractivity contribution in [2.45, 2.75) is 55.4 Å². The van der Waals surface area contributed by atoms with Gasteiger partial charge in [0.25, 0.3) is 0 Å². The summed E-state index contributed by atoms with van der Waals surface area (Å²) in [7, 11) is 0. The molecule has 1 radical (unpaired) electrons. The molecule has 0 aliphatic carbocycles. The van der Waals surface area contributed by atoms with Gasteiger partial charge in [0.15, 0.2) is 0 Å².